The second-order valence-electron chi connectivity index (χ2n) is 9.69. The minimum atomic E-state index is -0.780. The lowest BCUT2D eigenvalue weighted by atomic mass is 9.79. The summed E-state index contributed by atoms with van der Waals surface area (Å²) in [6, 6.07) is 31.5. The molecule has 0 amide bonds. The van der Waals surface area contributed by atoms with E-state index in [4.69, 9.17) is 4.74 Å². The van der Waals surface area contributed by atoms with E-state index in [1.165, 1.54) is 32.1 Å². The van der Waals surface area contributed by atoms with Gasteiger partial charge in [-0.15, -0.1) is 19.1 Å². The van der Waals surface area contributed by atoms with Crippen LogP contribution in [0.3, 0.4) is 0 Å². The van der Waals surface area contributed by atoms with Gasteiger partial charge in [0.1, 0.15) is 5.60 Å². The van der Waals surface area contributed by atoms with Gasteiger partial charge in [-0.05, 0) is 36.0 Å². The van der Waals surface area contributed by atoms with Crippen LogP contribution < -0.4 is 0 Å². The molecule has 0 saturated heterocycles. The molecule has 1 aliphatic rings. The number of rotatable bonds is 10. The predicted molar refractivity (Wildman–Crippen MR) is 152 cm³/mol. The number of ether oxygens (including phenoxy) is 1. The van der Waals surface area contributed by atoms with Gasteiger partial charge in [0.2, 0.25) is 0 Å². The molecule has 36 heavy (non-hydrogen) atoms. The van der Waals surface area contributed by atoms with E-state index in [1.54, 1.807) is 0 Å². The fourth-order valence-corrected chi connectivity index (χ4v) is 5.36. The lowest BCUT2D eigenvalue weighted by Crippen LogP contribution is -2.38. The van der Waals surface area contributed by atoms with Gasteiger partial charge in [0.25, 0.3) is 0 Å². The van der Waals surface area contributed by atoms with E-state index in [0.29, 0.717) is 5.92 Å². The molecule has 2 atom stereocenters. The van der Waals surface area contributed by atoms with Crippen molar-refractivity contribution in [3.8, 4) is 11.8 Å². The minimum Gasteiger partial charge on any atom is -0.353 e. The summed E-state index contributed by atoms with van der Waals surface area (Å²) in [6.07, 6.45) is 12.0. The molecule has 0 spiro atoms. The van der Waals surface area contributed by atoms with E-state index >= 15 is 0 Å². The fourth-order valence-electron chi connectivity index (χ4n) is 5.36. The molecule has 0 radical (unpaired) electrons. The summed E-state index contributed by atoms with van der Waals surface area (Å²) in [5.74, 6) is 7.69. The average molecular weight is 475 g/mol. The molecule has 0 N–H and O–H groups in total. The zero-order valence-electron chi connectivity index (χ0n) is 21.3. The van der Waals surface area contributed by atoms with E-state index in [-0.39, 0.29) is 12.0 Å². The molecular formula is C35H38O. The maximum absolute atomic E-state index is 7.21. The van der Waals surface area contributed by atoms with Crippen molar-refractivity contribution in [3.05, 3.63) is 133 Å². The highest BCUT2D eigenvalue weighted by atomic mass is 16.5. The number of hydrogen-bond acceptors (Lipinski definition) is 1. The van der Waals surface area contributed by atoms with E-state index in [9.17, 15) is 0 Å². The lowest BCUT2D eigenvalue weighted by Gasteiger charge is -2.40. The molecule has 1 saturated carbocycles. The molecule has 0 bridgehead atoms. The zero-order valence-corrected chi connectivity index (χ0v) is 21.3. The van der Waals surface area contributed by atoms with Crippen molar-refractivity contribution in [1.29, 1.82) is 0 Å². The molecule has 0 unspecified atom stereocenters. The Labute approximate surface area is 217 Å². The second-order valence-corrected chi connectivity index (χ2v) is 9.69. The maximum atomic E-state index is 7.21. The monoisotopic (exact) mass is 474 g/mol. The first-order valence-electron chi connectivity index (χ1n) is 13.4. The molecule has 4 rings (SSSR count). The lowest BCUT2D eigenvalue weighted by molar-refractivity contribution is -0.0427. The van der Waals surface area contributed by atoms with Crippen LogP contribution in [-0.2, 0) is 10.3 Å². The Kier molecular flexibility index (Phi) is 9.37. The summed E-state index contributed by atoms with van der Waals surface area (Å²) >= 11 is 0. The Morgan fingerprint density at radius 1 is 0.750 bits per heavy atom. The van der Waals surface area contributed by atoms with E-state index in [2.05, 4.69) is 97.8 Å². The van der Waals surface area contributed by atoms with Crippen molar-refractivity contribution in [1.82, 2.24) is 0 Å². The Bertz CT molecular complexity index is 1030. The van der Waals surface area contributed by atoms with Crippen LogP contribution in [0.15, 0.2) is 116 Å². The zero-order chi connectivity index (χ0) is 25.1. The molecule has 1 fully saturated rings. The van der Waals surface area contributed by atoms with Gasteiger partial charge in [-0.1, -0.05) is 128 Å². The highest BCUT2D eigenvalue weighted by molar-refractivity contribution is 5.47. The fraction of sp³-hybridized carbons (Fsp3) is 0.314. The van der Waals surface area contributed by atoms with Crippen LogP contribution in [0.25, 0.3) is 0 Å². The molecule has 184 valence electrons. The molecule has 1 aliphatic carbocycles. The number of benzene rings is 3. The van der Waals surface area contributed by atoms with Gasteiger partial charge in [0, 0.05) is 18.3 Å². The van der Waals surface area contributed by atoms with Crippen molar-refractivity contribution < 1.29 is 4.74 Å². The third-order valence-electron chi connectivity index (χ3n) is 7.32. The smallest absolute Gasteiger partial charge is 0.144 e. The van der Waals surface area contributed by atoms with Gasteiger partial charge in [-0.2, -0.15) is 0 Å². The minimum absolute atomic E-state index is 0.110. The molecule has 3 aromatic carbocycles. The first-order valence-corrected chi connectivity index (χ1v) is 13.4. The van der Waals surface area contributed by atoms with Crippen molar-refractivity contribution >= 4 is 0 Å². The largest absolute Gasteiger partial charge is 0.353 e. The van der Waals surface area contributed by atoms with E-state index in [1.807, 2.05) is 30.4 Å². The Morgan fingerprint density at radius 3 is 1.69 bits per heavy atom. The Hall–Kier alpha value is -3.34. The molecule has 1 nitrogen and oxygen atoms in total. The Morgan fingerprint density at radius 2 is 1.25 bits per heavy atom. The SMILES string of the molecule is C=C[C@H](CCC#CC1CCCCC1)[C@H](C=C)OC(c1ccccc1)(c1ccccc1)c1ccccc1. The Balaban J connectivity index is 1.66. The van der Waals surface area contributed by atoms with Crippen molar-refractivity contribution in [2.45, 2.75) is 56.7 Å². The van der Waals surface area contributed by atoms with E-state index in [0.717, 1.165) is 29.5 Å². The predicted octanol–water partition coefficient (Wildman–Crippen LogP) is 8.72. The van der Waals surface area contributed by atoms with Gasteiger partial charge in [-0.25, -0.2) is 0 Å². The molecule has 3 aromatic rings. The van der Waals surface area contributed by atoms with E-state index < -0.39 is 5.60 Å². The average Bonchev–Trinajstić information content (AvgIpc) is 2.96. The summed E-state index contributed by atoms with van der Waals surface area (Å²) in [6.45, 7) is 8.36. The first-order chi connectivity index (χ1) is 17.8. The van der Waals surface area contributed by atoms with Crippen LogP contribution >= 0.6 is 0 Å². The molecule has 0 aromatic heterocycles. The normalized spacial score (nSPS) is 15.8. The molecular weight excluding hydrogens is 436 g/mol. The summed E-state index contributed by atoms with van der Waals surface area (Å²) in [5.41, 5.74) is 2.50. The van der Waals surface area contributed by atoms with Crippen LogP contribution in [0.4, 0.5) is 0 Å². The number of hydrogen-bond donors (Lipinski definition) is 0. The van der Waals surface area contributed by atoms with Gasteiger partial charge in [0.15, 0.2) is 0 Å². The van der Waals surface area contributed by atoms with Crippen LogP contribution in [0, 0.1) is 23.7 Å². The standard InChI is InChI=1S/C35H38O/c1-3-30(22-18-17-21-29-19-9-5-10-20-29)34(4-2)36-35(31-23-11-6-12-24-31,32-25-13-7-14-26-32)33-27-15-8-16-28-33/h3-4,6-8,11-16,23-30,34H,1-2,5,9-10,18-20,22H2/t30-,34+/m1/s1. The topological polar surface area (TPSA) is 9.23 Å². The maximum Gasteiger partial charge on any atom is 0.144 e. The second kappa shape index (κ2) is 13.1. The van der Waals surface area contributed by atoms with Gasteiger partial charge >= 0.3 is 0 Å². The first kappa shape index (κ1) is 25.7. The van der Waals surface area contributed by atoms with Gasteiger partial charge in [-0.3, -0.25) is 0 Å². The molecule has 0 heterocycles. The third-order valence-corrected chi connectivity index (χ3v) is 7.32. The van der Waals surface area contributed by atoms with Crippen molar-refractivity contribution in [3.63, 3.8) is 0 Å². The van der Waals surface area contributed by atoms with Gasteiger partial charge < -0.3 is 4.74 Å². The quantitative estimate of drug-likeness (QED) is 0.162. The van der Waals surface area contributed by atoms with Crippen LogP contribution in [0.1, 0.15) is 61.6 Å². The highest BCUT2D eigenvalue weighted by Crippen LogP contribution is 2.42. The third kappa shape index (κ3) is 6.07. The summed E-state index contributed by atoms with van der Waals surface area (Å²) in [5, 5.41) is 0. The van der Waals surface area contributed by atoms with Gasteiger partial charge in [0.05, 0.1) is 6.10 Å². The summed E-state index contributed by atoms with van der Waals surface area (Å²) in [7, 11) is 0. The van der Waals surface area contributed by atoms with Crippen molar-refractivity contribution in [2.24, 2.45) is 11.8 Å². The molecule has 0 aliphatic heterocycles. The van der Waals surface area contributed by atoms with Crippen LogP contribution in [0.5, 0.6) is 0 Å². The summed E-state index contributed by atoms with van der Waals surface area (Å²) < 4.78 is 7.21. The van der Waals surface area contributed by atoms with Crippen LogP contribution in [0.2, 0.25) is 0 Å². The van der Waals surface area contributed by atoms with Crippen LogP contribution in [-0.4, -0.2) is 6.10 Å². The summed E-state index contributed by atoms with van der Waals surface area (Å²) in [4.78, 5) is 0. The molecule has 1 heteroatoms. The highest BCUT2D eigenvalue weighted by Gasteiger charge is 2.40. The van der Waals surface area contributed by atoms with Crippen molar-refractivity contribution in [2.75, 3.05) is 0 Å².